The summed E-state index contributed by atoms with van der Waals surface area (Å²) in [5, 5.41) is 15.3. The largest absolute Gasteiger partial charge is 0.493 e. The molecule has 1 unspecified atom stereocenters. The molecule has 0 saturated heterocycles. The zero-order chi connectivity index (χ0) is 65.3. The van der Waals surface area contributed by atoms with E-state index in [2.05, 4.69) is 62.1 Å². The van der Waals surface area contributed by atoms with Crippen LogP contribution in [0.2, 0.25) is 0 Å². The highest BCUT2D eigenvalue weighted by Gasteiger charge is 2.34. The summed E-state index contributed by atoms with van der Waals surface area (Å²) in [6.45, 7) is 6.11. The van der Waals surface area contributed by atoms with Crippen LogP contribution >= 0.6 is 0 Å². The second-order valence-corrected chi connectivity index (χ2v) is 22.2. The Morgan fingerprint density at radius 3 is 0.822 bits per heavy atom. The maximum absolute atomic E-state index is 14.9. The molecule has 3 aromatic carbocycles. The van der Waals surface area contributed by atoms with Crippen LogP contribution in [0.1, 0.15) is 210 Å². The zero-order valence-electron chi connectivity index (χ0n) is 53.0. The van der Waals surface area contributed by atoms with Crippen molar-refractivity contribution >= 4 is 35.3 Å². The quantitative estimate of drug-likeness (QED) is 0.0264. The molecule has 0 aromatic heterocycles. The van der Waals surface area contributed by atoms with Gasteiger partial charge in [-0.05, 0) is 146 Å². The average Bonchev–Trinajstić information content (AvgIpc) is 1.00. The number of hydrogen-bond donors (Lipinski definition) is 5. The van der Waals surface area contributed by atoms with Crippen molar-refractivity contribution < 1.29 is 57.2 Å². The maximum atomic E-state index is 14.9. The topological polar surface area (TPSA) is 218 Å². The number of carbonyl (C=O) groups excluding carboxylic acids is 6. The molecule has 1 fully saturated rings. The van der Waals surface area contributed by atoms with Crippen molar-refractivity contribution in [3.8, 4) is 109 Å². The maximum Gasteiger partial charge on any atom is 0.251 e. The van der Waals surface area contributed by atoms with E-state index >= 15 is 0 Å². The number of benzene rings is 3. The molecule has 0 bridgehead atoms. The van der Waals surface area contributed by atoms with E-state index in [9.17, 15) is 28.8 Å². The van der Waals surface area contributed by atoms with Gasteiger partial charge in [-0.2, -0.15) is 0 Å². The van der Waals surface area contributed by atoms with Crippen LogP contribution in [0.5, 0.6) is 34.5 Å². The molecule has 1 aliphatic rings. The van der Waals surface area contributed by atoms with Crippen molar-refractivity contribution in [2.24, 2.45) is 0 Å². The summed E-state index contributed by atoms with van der Waals surface area (Å²) < 4.78 is 38.1. The van der Waals surface area contributed by atoms with E-state index in [0.29, 0.717) is 174 Å². The summed E-state index contributed by atoms with van der Waals surface area (Å²) in [5.41, 5.74) is 2.35. The minimum atomic E-state index is -0.649. The number of terminal acetylenes is 6. The Bertz CT molecular complexity index is 2640. The fourth-order valence-electron chi connectivity index (χ4n) is 9.89. The van der Waals surface area contributed by atoms with Crippen molar-refractivity contribution in [3.05, 3.63) is 69.8 Å². The molecule has 0 aliphatic heterocycles. The van der Waals surface area contributed by atoms with Crippen molar-refractivity contribution in [2.75, 3.05) is 39.6 Å². The minimum Gasteiger partial charge on any atom is -0.493 e. The number of rotatable bonds is 43. The number of ether oxygens (including phenoxy) is 6. The van der Waals surface area contributed by atoms with Gasteiger partial charge in [0.15, 0.2) is 0 Å². The molecule has 4 rings (SSSR count). The molecule has 0 radical (unpaired) electrons. The van der Waals surface area contributed by atoms with Gasteiger partial charge in [-0.25, -0.2) is 0 Å². The lowest BCUT2D eigenvalue weighted by molar-refractivity contribution is -0.120. The Kier molecular flexibility index (Phi) is 34.8. The SMILES string of the molecule is C#CCCCCOc1cc(C(=O)NC2C[C@@H](NC(=O)c3cc(OCCCCC#C)c(CNC(C)=O)c(OCCCCC#C)c3)C[C@@H](NC(=O)c3cc(OCCCCC#C)c(CNC(C)=O)c(OCCCCC#C)c3)C2)cc(OCCCCC#C)c1CCC(C)=O. The minimum absolute atomic E-state index is 0.0292. The molecule has 17 heteroatoms. The number of hydrogen-bond acceptors (Lipinski definition) is 12. The molecule has 0 spiro atoms. The summed E-state index contributed by atoms with van der Waals surface area (Å²) in [7, 11) is 0. The molecule has 17 nitrogen and oxygen atoms in total. The monoisotopic (exact) mass is 1230 g/mol. The van der Waals surface area contributed by atoms with E-state index in [1.165, 1.54) is 20.8 Å². The summed E-state index contributed by atoms with van der Waals surface area (Å²) in [5.74, 6) is 16.0. The fraction of sp³-hybridized carbons (Fsp3) is 0.507. The summed E-state index contributed by atoms with van der Waals surface area (Å²) in [4.78, 5) is 81.5. The van der Waals surface area contributed by atoms with Gasteiger partial charge in [0.05, 0.1) is 63.9 Å². The molecule has 3 aromatic rings. The molecule has 5 N–H and O–H groups in total. The van der Waals surface area contributed by atoms with Crippen LogP contribution in [0.4, 0.5) is 0 Å². The summed E-state index contributed by atoms with van der Waals surface area (Å²) in [6, 6.07) is 7.81. The van der Waals surface area contributed by atoms with Crippen LogP contribution in [-0.2, 0) is 33.9 Å². The van der Waals surface area contributed by atoms with E-state index in [-0.39, 0.29) is 99.5 Å². The third-order valence-corrected chi connectivity index (χ3v) is 14.6. The average molecular weight is 1230 g/mol. The highest BCUT2D eigenvalue weighted by atomic mass is 16.5. The Labute approximate surface area is 534 Å². The van der Waals surface area contributed by atoms with Crippen LogP contribution in [0.3, 0.4) is 0 Å². The Balaban J connectivity index is 1.84. The molecular formula is C73H91N5O12. The van der Waals surface area contributed by atoms with Gasteiger partial charge in [0.1, 0.15) is 40.3 Å². The van der Waals surface area contributed by atoms with E-state index in [4.69, 9.17) is 67.0 Å². The van der Waals surface area contributed by atoms with Crippen molar-refractivity contribution in [2.45, 2.75) is 200 Å². The molecule has 5 amide bonds. The number of nitrogens with one attached hydrogen (secondary N) is 5. The van der Waals surface area contributed by atoms with E-state index < -0.39 is 35.8 Å². The lowest BCUT2D eigenvalue weighted by Gasteiger charge is -2.36. The van der Waals surface area contributed by atoms with Crippen LogP contribution in [0, 0.1) is 74.1 Å². The van der Waals surface area contributed by atoms with Gasteiger partial charge in [-0.15, -0.1) is 74.1 Å². The molecule has 1 aliphatic carbocycles. The zero-order valence-corrected chi connectivity index (χ0v) is 53.0. The normalized spacial score (nSPS) is 13.8. The first-order chi connectivity index (χ1) is 43.6. The smallest absolute Gasteiger partial charge is 0.251 e. The second-order valence-electron chi connectivity index (χ2n) is 22.2. The van der Waals surface area contributed by atoms with Crippen molar-refractivity contribution in [1.82, 2.24) is 26.6 Å². The lowest BCUT2D eigenvalue weighted by atomic mass is 9.86. The molecule has 3 atom stereocenters. The molecule has 90 heavy (non-hydrogen) atoms. The first kappa shape index (κ1) is 73.3. The Morgan fingerprint density at radius 1 is 0.378 bits per heavy atom. The van der Waals surface area contributed by atoms with Gasteiger partial charge in [0, 0.05) is 99.2 Å². The van der Waals surface area contributed by atoms with Crippen molar-refractivity contribution in [3.63, 3.8) is 0 Å². The van der Waals surface area contributed by atoms with Crippen LogP contribution in [0.15, 0.2) is 36.4 Å². The number of Topliss-reactive ketones (excluding diaryl/α,β-unsaturated/α-hetero) is 1. The van der Waals surface area contributed by atoms with Gasteiger partial charge >= 0.3 is 0 Å². The molecular weight excluding hydrogens is 1140 g/mol. The first-order valence-electron chi connectivity index (χ1n) is 31.4. The van der Waals surface area contributed by atoms with Crippen LogP contribution < -0.4 is 55.0 Å². The van der Waals surface area contributed by atoms with E-state index in [1.54, 1.807) is 36.4 Å². The number of ketones is 1. The molecule has 1 saturated carbocycles. The van der Waals surface area contributed by atoms with Crippen LogP contribution in [0.25, 0.3) is 0 Å². The Hall–Kier alpha value is -9.16. The molecule has 0 heterocycles. The summed E-state index contributed by atoms with van der Waals surface area (Å²) >= 11 is 0. The highest BCUT2D eigenvalue weighted by molar-refractivity contribution is 5.97. The highest BCUT2D eigenvalue weighted by Crippen LogP contribution is 2.36. The van der Waals surface area contributed by atoms with Crippen LogP contribution in [-0.4, -0.2) is 93.1 Å². The summed E-state index contributed by atoms with van der Waals surface area (Å²) in [6.07, 6.45) is 45.9. The predicted molar refractivity (Wildman–Crippen MR) is 350 cm³/mol. The first-order valence-corrected chi connectivity index (χ1v) is 31.4. The van der Waals surface area contributed by atoms with Gasteiger partial charge < -0.3 is 59.8 Å². The predicted octanol–water partition coefficient (Wildman–Crippen LogP) is 10.5. The fourth-order valence-corrected chi connectivity index (χ4v) is 9.89. The van der Waals surface area contributed by atoms with Gasteiger partial charge in [-0.1, -0.05) is 0 Å². The second kappa shape index (κ2) is 42.7. The van der Waals surface area contributed by atoms with Gasteiger partial charge in [0.2, 0.25) is 11.8 Å². The molecule has 480 valence electrons. The lowest BCUT2D eigenvalue weighted by Crippen LogP contribution is -2.53. The Morgan fingerprint density at radius 2 is 0.611 bits per heavy atom. The standard InChI is InChI=1S/C73H91N5O12/c1-10-16-22-28-36-85-65-42-56(43-66(62(65)35-34-53(7)79)86-37-29-23-17-11-2)71(82)76-59-48-60(77-72(83)57-44-67(87-38-30-24-18-12-3)63(51-74-54(8)80)68(45-57)88-39-31-25-19-13-4)50-61(49-59)78-73(84)58-46-69(89-40-32-26-20-14-5)64(52-75-55(9)81)70(47-58)90-41-33-27-21-15-6/h1-6,42-47,59-61H,16-41,48-52H2,7-9H3,(H,74,80)(H,75,81)(H,76,82)(H,77,83)(H,78,84)/t59?,60-,61+. The van der Waals surface area contributed by atoms with Gasteiger partial charge in [0.25, 0.3) is 17.7 Å². The number of amides is 5. The van der Waals surface area contributed by atoms with Crippen molar-refractivity contribution in [1.29, 1.82) is 0 Å². The van der Waals surface area contributed by atoms with Gasteiger partial charge in [-0.3, -0.25) is 24.0 Å². The van der Waals surface area contributed by atoms with E-state index in [0.717, 1.165) is 12.8 Å². The number of carbonyl (C=O) groups is 6. The number of unbranched alkanes of at least 4 members (excludes halogenated alkanes) is 12. The third kappa shape index (κ3) is 27.5. The van der Waals surface area contributed by atoms with E-state index in [1.807, 2.05) is 0 Å². The third-order valence-electron chi connectivity index (χ3n) is 14.6.